The largest absolute Gasteiger partial charge is 0.452 e. The first-order valence-corrected chi connectivity index (χ1v) is 7.68. The molecule has 126 valence electrons. The van der Waals surface area contributed by atoms with Crippen molar-refractivity contribution in [2.75, 3.05) is 13.2 Å². The number of imide groups is 1. The van der Waals surface area contributed by atoms with Crippen molar-refractivity contribution in [2.24, 2.45) is 0 Å². The summed E-state index contributed by atoms with van der Waals surface area (Å²) in [4.78, 5) is 38.9. The fourth-order valence-electron chi connectivity index (χ4n) is 1.89. The number of hydrogen-bond acceptors (Lipinski definition) is 5. The van der Waals surface area contributed by atoms with Gasteiger partial charge in [0, 0.05) is 11.9 Å². The number of hydrogen-bond donors (Lipinski definition) is 2. The smallest absolute Gasteiger partial charge is 0.338 e. The maximum Gasteiger partial charge on any atom is 0.338 e. The number of carbonyl (C=O) groups is 3. The van der Waals surface area contributed by atoms with Crippen molar-refractivity contribution in [2.45, 2.75) is 13.3 Å². The summed E-state index contributed by atoms with van der Waals surface area (Å²) in [5, 5.41) is 5.62. The Kier molecular flexibility index (Phi) is 6.08. The zero-order chi connectivity index (χ0) is 17.5. The molecule has 2 N–H and O–H groups in total. The Labute approximate surface area is 143 Å². The number of benzene rings is 1. The normalized spacial score (nSPS) is 10.2. The molecule has 0 aliphatic rings. The van der Waals surface area contributed by atoms with Crippen LogP contribution in [0.1, 0.15) is 23.7 Å². The highest BCUT2D eigenvalue weighted by molar-refractivity contribution is 6.29. The average molecular weight is 350 g/mol. The van der Waals surface area contributed by atoms with Crippen molar-refractivity contribution in [1.82, 2.24) is 15.6 Å². The summed E-state index contributed by atoms with van der Waals surface area (Å²) < 4.78 is 4.89. The first-order chi connectivity index (χ1) is 11.5. The van der Waals surface area contributed by atoms with E-state index in [1.54, 1.807) is 24.3 Å². The summed E-state index contributed by atoms with van der Waals surface area (Å²) in [7, 11) is 0. The fraction of sp³-hybridized carbons (Fsp3) is 0.250. The Bertz CT molecular complexity index is 779. The maximum absolute atomic E-state index is 12.0. The number of pyridine rings is 1. The predicted molar refractivity (Wildman–Crippen MR) is 88.9 cm³/mol. The fourth-order valence-corrected chi connectivity index (χ4v) is 2.04. The molecule has 1 aromatic heterocycles. The molecule has 1 heterocycles. The lowest BCUT2D eigenvalue weighted by Gasteiger charge is -2.07. The molecule has 0 aliphatic heterocycles. The molecular formula is C16H16ClN3O4. The molecular weight excluding hydrogens is 334 g/mol. The number of rotatable bonds is 5. The van der Waals surface area contributed by atoms with Crippen molar-refractivity contribution in [1.29, 1.82) is 0 Å². The summed E-state index contributed by atoms with van der Waals surface area (Å²) >= 11 is 5.80. The molecule has 0 atom stereocenters. The quantitative estimate of drug-likeness (QED) is 0.637. The molecule has 0 saturated carbocycles. The summed E-state index contributed by atoms with van der Waals surface area (Å²) in [6, 6.07) is 7.47. The van der Waals surface area contributed by atoms with Gasteiger partial charge in [-0.2, -0.15) is 0 Å². The van der Waals surface area contributed by atoms with E-state index in [-0.39, 0.29) is 5.56 Å². The Morgan fingerprint density at radius 3 is 2.75 bits per heavy atom. The van der Waals surface area contributed by atoms with Crippen LogP contribution in [-0.4, -0.2) is 36.0 Å². The standard InChI is InChI=1S/C16H16ClN3O4/c1-2-7-18-16(23)20-14(21)9-24-15(22)11-3-5-12-10(8-11)4-6-13(17)19-12/h3-6,8H,2,7,9H2,1H3,(H2,18,20,21,23). The SMILES string of the molecule is CCCNC(=O)NC(=O)COC(=O)c1ccc2nc(Cl)ccc2c1. The van der Waals surface area contributed by atoms with Gasteiger partial charge in [-0.15, -0.1) is 0 Å². The van der Waals surface area contributed by atoms with Gasteiger partial charge in [0.1, 0.15) is 5.15 Å². The van der Waals surface area contributed by atoms with Crippen molar-refractivity contribution < 1.29 is 19.1 Å². The lowest BCUT2D eigenvalue weighted by Crippen LogP contribution is -2.41. The highest BCUT2D eigenvalue weighted by atomic mass is 35.5. The zero-order valence-corrected chi connectivity index (χ0v) is 13.7. The molecule has 2 aromatic rings. The van der Waals surface area contributed by atoms with Crippen molar-refractivity contribution in [3.8, 4) is 0 Å². The third-order valence-corrected chi connectivity index (χ3v) is 3.22. The van der Waals surface area contributed by atoms with Gasteiger partial charge in [0.15, 0.2) is 6.61 Å². The zero-order valence-electron chi connectivity index (χ0n) is 13.0. The van der Waals surface area contributed by atoms with Gasteiger partial charge in [0.05, 0.1) is 11.1 Å². The molecule has 8 heteroatoms. The lowest BCUT2D eigenvalue weighted by atomic mass is 10.1. The Hall–Kier alpha value is -2.67. The predicted octanol–water partition coefficient (Wildman–Crippen LogP) is 2.28. The number of nitrogens with zero attached hydrogens (tertiary/aromatic N) is 1. The number of esters is 1. The van der Waals surface area contributed by atoms with Crippen LogP contribution in [0.4, 0.5) is 4.79 Å². The number of nitrogens with one attached hydrogen (secondary N) is 2. The van der Waals surface area contributed by atoms with Crippen molar-refractivity contribution in [3.63, 3.8) is 0 Å². The molecule has 24 heavy (non-hydrogen) atoms. The number of aromatic nitrogens is 1. The monoisotopic (exact) mass is 349 g/mol. The molecule has 0 fully saturated rings. The average Bonchev–Trinajstić information content (AvgIpc) is 2.57. The molecule has 3 amide bonds. The number of halogens is 1. The van der Waals surface area contributed by atoms with E-state index in [0.29, 0.717) is 17.2 Å². The van der Waals surface area contributed by atoms with Crippen LogP contribution < -0.4 is 10.6 Å². The van der Waals surface area contributed by atoms with E-state index in [4.69, 9.17) is 16.3 Å². The van der Waals surface area contributed by atoms with Gasteiger partial charge in [0.25, 0.3) is 5.91 Å². The molecule has 0 bridgehead atoms. The van der Waals surface area contributed by atoms with Crippen LogP contribution in [0, 0.1) is 0 Å². The maximum atomic E-state index is 12.0. The number of fused-ring (bicyclic) bond motifs is 1. The van der Waals surface area contributed by atoms with Crippen molar-refractivity contribution in [3.05, 3.63) is 41.0 Å². The first kappa shape index (κ1) is 17.7. The molecule has 7 nitrogen and oxygen atoms in total. The van der Waals surface area contributed by atoms with Crippen LogP contribution in [-0.2, 0) is 9.53 Å². The minimum Gasteiger partial charge on any atom is -0.452 e. The van der Waals surface area contributed by atoms with E-state index in [1.165, 1.54) is 6.07 Å². The highest BCUT2D eigenvalue weighted by Crippen LogP contribution is 2.17. The van der Waals surface area contributed by atoms with E-state index >= 15 is 0 Å². The third kappa shape index (κ3) is 4.92. The van der Waals surface area contributed by atoms with Gasteiger partial charge in [0.2, 0.25) is 0 Å². The van der Waals surface area contributed by atoms with Crippen LogP contribution in [0.3, 0.4) is 0 Å². The molecule has 2 rings (SSSR count). The first-order valence-electron chi connectivity index (χ1n) is 7.30. The van der Waals surface area contributed by atoms with E-state index < -0.39 is 24.5 Å². The molecule has 0 aliphatic carbocycles. The topological polar surface area (TPSA) is 97.4 Å². The summed E-state index contributed by atoms with van der Waals surface area (Å²) in [6.45, 7) is 1.79. The van der Waals surface area contributed by atoms with Gasteiger partial charge < -0.3 is 10.1 Å². The van der Waals surface area contributed by atoms with Gasteiger partial charge in [-0.3, -0.25) is 10.1 Å². The van der Waals surface area contributed by atoms with Crippen molar-refractivity contribution >= 4 is 40.4 Å². The minimum atomic E-state index is -0.703. The van der Waals surface area contributed by atoms with Crippen LogP contribution in [0.25, 0.3) is 10.9 Å². The van der Waals surface area contributed by atoms with Gasteiger partial charge in [-0.05, 0) is 36.8 Å². The van der Waals surface area contributed by atoms with Gasteiger partial charge in [-0.1, -0.05) is 18.5 Å². The van der Waals surface area contributed by atoms with E-state index in [0.717, 1.165) is 11.8 Å². The summed E-state index contributed by atoms with van der Waals surface area (Å²) in [6.07, 6.45) is 0.749. The second-order valence-corrected chi connectivity index (χ2v) is 5.31. The Morgan fingerprint density at radius 2 is 2.00 bits per heavy atom. The van der Waals surface area contributed by atoms with Crippen LogP contribution in [0.5, 0.6) is 0 Å². The molecule has 1 aromatic carbocycles. The lowest BCUT2D eigenvalue weighted by molar-refractivity contribution is -0.123. The van der Waals surface area contributed by atoms with Crippen LogP contribution >= 0.6 is 11.6 Å². The Balaban J connectivity index is 1.91. The van der Waals surface area contributed by atoms with E-state index in [1.807, 2.05) is 6.92 Å². The summed E-state index contributed by atoms with van der Waals surface area (Å²) in [5.41, 5.74) is 0.916. The molecule has 0 unspecified atom stereocenters. The van der Waals surface area contributed by atoms with Crippen LogP contribution in [0.2, 0.25) is 5.15 Å². The highest BCUT2D eigenvalue weighted by Gasteiger charge is 2.13. The minimum absolute atomic E-state index is 0.273. The van der Waals surface area contributed by atoms with Gasteiger partial charge in [-0.25, -0.2) is 14.6 Å². The third-order valence-electron chi connectivity index (χ3n) is 3.01. The van der Waals surface area contributed by atoms with Crippen LogP contribution in [0.15, 0.2) is 30.3 Å². The molecule has 0 radical (unpaired) electrons. The van der Waals surface area contributed by atoms with E-state index in [9.17, 15) is 14.4 Å². The second-order valence-electron chi connectivity index (χ2n) is 4.92. The Morgan fingerprint density at radius 1 is 1.21 bits per heavy atom. The van der Waals surface area contributed by atoms with E-state index in [2.05, 4.69) is 15.6 Å². The number of carbonyl (C=O) groups excluding carboxylic acids is 3. The number of urea groups is 1. The number of ether oxygens (including phenoxy) is 1. The number of amides is 3. The summed E-state index contributed by atoms with van der Waals surface area (Å²) in [5.74, 6) is -1.37. The second kappa shape index (κ2) is 8.26. The molecule has 0 spiro atoms. The molecule has 0 saturated heterocycles. The van der Waals surface area contributed by atoms with Gasteiger partial charge >= 0.3 is 12.0 Å².